The maximum atomic E-state index is 12.5. The summed E-state index contributed by atoms with van der Waals surface area (Å²) >= 11 is 0. The second kappa shape index (κ2) is 9.31. The van der Waals surface area contributed by atoms with Crippen LogP contribution >= 0.6 is 0 Å². The number of fused-ring (bicyclic) bond motifs is 1. The molecule has 3 aromatic rings. The van der Waals surface area contributed by atoms with Crippen LogP contribution in [-0.2, 0) is 13.1 Å². The summed E-state index contributed by atoms with van der Waals surface area (Å²) in [6, 6.07) is 12.2. The fraction of sp³-hybridized carbons (Fsp3) is 0.481. The van der Waals surface area contributed by atoms with Gasteiger partial charge in [-0.25, -0.2) is 0 Å². The third kappa shape index (κ3) is 4.25. The molecular weight excluding hydrogens is 442 g/mol. The lowest BCUT2D eigenvalue weighted by atomic mass is 9.80. The Bertz CT molecular complexity index is 1350. The van der Waals surface area contributed by atoms with Crippen LogP contribution < -0.4 is 20.3 Å². The van der Waals surface area contributed by atoms with E-state index in [1.165, 1.54) is 12.8 Å². The number of aromatic nitrogens is 3. The van der Waals surface area contributed by atoms with Gasteiger partial charge in [-0.2, -0.15) is 10.4 Å². The predicted octanol–water partition coefficient (Wildman–Crippen LogP) is 3.66. The van der Waals surface area contributed by atoms with Crippen molar-refractivity contribution in [2.24, 2.45) is 5.92 Å². The molecule has 1 N–H and O–H groups in total. The number of rotatable bonds is 6. The largest absolute Gasteiger partial charge is 0.484 e. The van der Waals surface area contributed by atoms with E-state index >= 15 is 0 Å². The zero-order chi connectivity index (χ0) is 23.8. The molecule has 1 atom stereocenters. The zero-order valence-electron chi connectivity index (χ0n) is 19.7. The number of nitrogens with one attached hydrogen (secondary N) is 1. The number of nitriles is 1. The van der Waals surface area contributed by atoms with E-state index in [2.05, 4.69) is 21.6 Å². The lowest BCUT2D eigenvalue weighted by Crippen LogP contribution is -2.33. The van der Waals surface area contributed by atoms with Crippen LogP contribution in [0.2, 0.25) is 0 Å². The van der Waals surface area contributed by atoms with E-state index < -0.39 is 0 Å². The first-order chi connectivity index (χ1) is 17.2. The average molecular weight is 472 g/mol. The minimum Gasteiger partial charge on any atom is -0.484 e. The highest BCUT2D eigenvalue weighted by atomic mass is 16.6. The van der Waals surface area contributed by atoms with Gasteiger partial charge >= 0.3 is 0 Å². The first-order valence-corrected chi connectivity index (χ1v) is 12.6. The number of pyridine rings is 1. The summed E-state index contributed by atoms with van der Waals surface area (Å²) in [5.41, 5.74) is 3.67. The molecule has 35 heavy (non-hydrogen) atoms. The molecule has 1 aliphatic carbocycles. The molecule has 1 unspecified atom stereocenters. The molecular formula is C27H29N5O3. The second-order valence-corrected chi connectivity index (χ2v) is 9.93. The normalized spacial score (nSPS) is 22.8. The van der Waals surface area contributed by atoms with Crippen LogP contribution in [0, 0.1) is 17.2 Å². The van der Waals surface area contributed by atoms with Crippen molar-refractivity contribution in [2.75, 3.05) is 13.2 Å². The fourth-order valence-electron chi connectivity index (χ4n) is 5.98. The van der Waals surface area contributed by atoms with Gasteiger partial charge in [0.25, 0.3) is 11.4 Å². The molecule has 0 amide bonds. The van der Waals surface area contributed by atoms with Crippen molar-refractivity contribution in [2.45, 2.75) is 63.6 Å². The van der Waals surface area contributed by atoms with Gasteiger partial charge in [-0.1, -0.05) is 6.07 Å². The molecule has 3 aliphatic rings. The van der Waals surface area contributed by atoms with Crippen LogP contribution in [0.15, 0.2) is 35.1 Å². The Labute approximate surface area is 203 Å². The quantitative estimate of drug-likeness (QED) is 0.585. The van der Waals surface area contributed by atoms with Crippen molar-refractivity contribution in [3.63, 3.8) is 0 Å². The third-order valence-corrected chi connectivity index (χ3v) is 7.82. The summed E-state index contributed by atoms with van der Waals surface area (Å²) in [4.78, 5) is 12.5. The fourth-order valence-corrected chi connectivity index (χ4v) is 5.98. The third-order valence-electron chi connectivity index (χ3n) is 7.82. The van der Waals surface area contributed by atoms with E-state index in [1.807, 2.05) is 28.8 Å². The van der Waals surface area contributed by atoms with Crippen molar-refractivity contribution in [3.8, 4) is 17.7 Å². The minimum atomic E-state index is 0.0330. The van der Waals surface area contributed by atoms with Gasteiger partial charge in [-0.05, 0) is 67.5 Å². The number of benzene rings is 1. The van der Waals surface area contributed by atoms with Gasteiger partial charge in [-0.15, -0.1) is 5.10 Å². The molecule has 4 heterocycles. The molecule has 1 fully saturated rings. The van der Waals surface area contributed by atoms with Crippen LogP contribution in [-0.4, -0.2) is 34.0 Å². The van der Waals surface area contributed by atoms with Crippen molar-refractivity contribution in [3.05, 3.63) is 57.5 Å². The van der Waals surface area contributed by atoms with Crippen molar-refractivity contribution < 1.29 is 9.47 Å². The average Bonchev–Trinajstić information content (AvgIpc) is 3.30. The lowest BCUT2D eigenvalue weighted by Gasteiger charge is -2.30. The molecule has 8 nitrogen and oxygen atoms in total. The molecule has 2 aromatic heterocycles. The Morgan fingerprint density at radius 1 is 1.06 bits per heavy atom. The van der Waals surface area contributed by atoms with Gasteiger partial charge in [0.15, 0.2) is 5.75 Å². The zero-order valence-corrected chi connectivity index (χ0v) is 19.7. The molecule has 1 saturated carbocycles. The Morgan fingerprint density at radius 3 is 2.74 bits per heavy atom. The van der Waals surface area contributed by atoms with Crippen molar-refractivity contribution in [1.82, 2.24) is 20.1 Å². The van der Waals surface area contributed by atoms with Crippen LogP contribution in [0.1, 0.15) is 61.3 Å². The highest BCUT2D eigenvalue weighted by Crippen LogP contribution is 2.40. The second-order valence-electron chi connectivity index (χ2n) is 9.93. The Hall–Kier alpha value is -3.44. The molecule has 180 valence electrons. The van der Waals surface area contributed by atoms with E-state index in [1.54, 1.807) is 6.07 Å². The first kappa shape index (κ1) is 22.1. The summed E-state index contributed by atoms with van der Waals surface area (Å²) in [5.74, 6) is 2.09. The molecule has 2 aliphatic heterocycles. The van der Waals surface area contributed by atoms with Gasteiger partial charge < -0.3 is 19.4 Å². The van der Waals surface area contributed by atoms with Gasteiger partial charge in [0.1, 0.15) is 13.2 Å². The highest BCUT2D eigenvalue weighted by Gasteiger charge is 2.29. The molecule has 6 rings (SSSR count). The number of hydrogen-bond donors (Lipinski definition) is 1. The van der Waals surface area contributed by atoms with E-state index in [4.69, 9.17) is 9.47 Å². The summed E-state index contributed by atoms with van der Waals surface area (Å²) < 4.78 is 12.9. The Morgan fingerprint density at radius 2 is 1.89 bits per heavy atom. The maximum Gasteiger partial charge on any atom is 0.276 e. The summed E-state index contributed by atoms with van der Waals surface area (Å²) in [7, 11) is 0. The number of hydrogen-bond acceptors (Lipinski definition) is 7. The molecule has 1 aromatic carbocycles. The topological polar surface area (TPSA) is 102 Å². The van der Waals surface area contributed by atoms with E-state index in [-0.39, 0.29) is 11.5 Å². The van der Waals surface area contributed by atoms with Crippen LogP contribution in [0.4, 0.5) is 0 Å². The highest BCUT2D eigenvalue weighted by molar-refractivity contribution is 5.86. The monoisotopic (exact) mass is 471 g/mol. The SMILES string of the molecule is N#Cc1ccc2ccc(=O)n3c2c1C(CCC1CCC(NCc2cc4c(nn2)OCCO4)CC1)C3. The molecule has 0 radical (unpaired) electrons. The minimum absolute atomic E-state index is 0.0330. The van der Waals surface area contributed by atoms with Crippen molar-refractivity contribution >= 4 is 10.9 Å². The van der Waals surface area contributed by atoms with Gasteiger partial charge in [0.05, 0.1) is 22.8 Å². The standard InChI is InChI=1S/C27H29N5O3/c28-14-19-6-5-18-7-10-24(33)32-16-20(25(19)26(18)32)4-1-17-2-8-21(9-3-17)29-15-22-13-23-27(31-30-22)35-12-11-34-23/h5-7,10,13,17,20-21,29H,1-4,8-9,11-12,15-16H2. The Kier molecular flexibility index (Phi) is 5.86. The number of ether oxygens (including phenoxy) is 2. The van der Waals surface area contributed by atoms with E-state index in [9.17, 15) is 10.1 Å². The van der Waals surface area contributed by atoms with Crippen LogP contribution in [0.25, 0.3) is 10.9 Å². The van der Waals surface area contributed by atoms with E-state index in [0.717, 1.165) is 53.4 Å². The molecule has 0 saturated heterocycles. The first-order valence-electron chi connectivity index (χ1n) is 12.6. The summed E-state index contributed by atoms with van der Waals surface area (Å²) in [5, 5.41) is 22.8. The van der Waals surface area contributed by atoms with Crippen molar-refractivity contribution in [1.29, 1.82) is 5.26 Å². The van der Waals surface area contributed by atoms with Gasteiger partial charge in [-0.3, -0.25) is 4.79 Å². The van der Waals surface area contributed by atoms with E-state index in [0.29, 0.717) is 49.9 Å². The van der Waals surface area contributed by atoms with Gasteiger partial charge in [0, 0.05) is 37.2 Å². The Balaban J connectivity index is 1.03. The number of nitrogens with zero attached hydrogens (tertiary/aromatic N) is 4. The molecule has 8 heteroatoms. The lowest BCUT2D eigenvalue weighted by molar-refractivity contribution is 0.161. The summed E-state index contributed by atoms with van der Waals surface area (Å²) in [6.45, 7) is 2.43. The molecule has 0 bridgehead atoms. The van der Waals surface area contributed by atoms with Crippen LogP contribution in [0.3, 0.4) is 0 Å². The predicted molar refractivity (Wildman–Crippen MR) is 131 cm³/mol. The smallest absolute Gasteiger partial charge is 0.276 e. The summed E-state index contributed by atoms with van der Waals surface area (Å²) in [6.07, 6.45) is 6.83. The van der Waals surface area contributed by atoms with Gasteiger partial charge in [0.2, 0.25) is 0 Å². The maximum absolute atomic E-state index is 12.5. The molecule has 0 spiro atoms. The van der Waals surface area contributed by atoms with Crippen LogP contribution in [0.5, 0.6) is 11.6 Å².